The van der Waals surface area contributed by atoms with Crippen LogP contribution in [0.4, 0.5) is 0 Å². The number of carbonyl (C=O) groups is 3. The molecule has 0 spiro atoms. The lowest BCUT2D eigenvalue weighted by atomic mass is 10.2. The van der Waals surface area contributed by atoms with Crippen LogP contribution in [0.15, 0.2) is 59.5 Å². The molecule has 0 radical (unpaired) electrons. The summed E-state index contributed by atoms with van der Waals surface area (Å²) in [4.78, 5) is 46.3. The van der Waals surface area contributed by atoms with Gasteiger partial charge in [0.15, 0.2) is 6.61 Å². The maximum absolute atomic E-state index is 11.7. The Bertz CT molecular complexity index is 767. The molecule has 2 rings (SSSR count). The molecule has 0 atom stereocenters. The zero-order valence-electron chi connectivity index (χ0n) is 12.1. The Kier molecular flexibility index (Phi) is 5.40. The van der Waals surface area contributed by atoms with Gasteiger partial charge in [-0.3, -0.25) is 24.5 Å². The number of aromatic nitrogens is 1. The number of amides is 2. The Labute approximate surface area is 131 Å². The molecule has 0 saturated heterocycles. The molecule has 7 heteroatoms. The van der Waals surface area contributed by atoms with Crippen LogP contribution in [-0.2, 0) is 20.9 Å². The van der Waals surface area contributed by atoms with Crippen molar-refractivity contribution < 1.29 is 19.1 Å². The predicted molar refractivity (Wildman–Crippen MR) is 80.6 cm³/mol. The molecule has 7 nitrogen and oxygen atoms in total. The second kappa shape index (κ2) is 7.69. The lowest BCUT2D eigenvalue weighted by molar-refractivity contribution is -0.148. The standard InChI is InChI=1S/C16H14N2O5/c19-13(17-16(22)12-6-2-1-3-7-12)11-23-15(21)10-18-9-5-4-8-14(18)20/h1-9H,10-11H2,(H,17,19,22). The van der Waals surface area contributed by atoms with Crippen LogP contribution >= 0.6 is 0 Å². The number of carbonyl (C=O) groups excluding carboxylic acids is 3. The minimum atomic E-state index is -0.749. The van der Waals surface area contributed by atoms with Crippen LogP contribution in [0.5, 0.6) is 0 Å². The summed E-state index contributed by atoms with van der Waals surface area (Å²) in [5, 5.41) is 2.10. The summed E-state index contributed by atoms with van der Waals surface area (Å²) in [5.41, 5.74) is -0.0313. The van der Waals surface area contributed by atoms with Gasteiger partial charge in [-0.2, -0.15) is 0 Å². The number of hydrogen-bond acceptors (Lipinski definition) is 5. The van der Waals surface area contributed by atoms with E-state index in [-0.39, 0.29) is 12.1 Å². The number of nitrogens with one attached hydrogen (secondary N) is 1. The molecule has 1 heterocycles. The quantitative estimate of drug-likeness (QED) is 0.804. The van der Waals surface area contributed by atoms with Crippen molar-refractivity contribution in [2.75, 3.05) is 6.61 Å². The fourth-order valence-electron chi connectivity index (χ4n) is 1.75. The average Bonchev–Trinajstić information content (AvgIpc) is 2.56. The zero-order chi connectivity index (χ0) is 16.7. The highest BCUT2D eigenvalue weighted by Crippen LogP contribution is 1.97. The van der Waals surface area contributed by atoms with Gasteiger partial charge in [0.25, 0.3) is 17.4 Å². The molecule has 0 aliphatic carbocycles. The molecule has 0 unspecified atom stereocenters. The lowest BCUT2D eigenvalue weighted by Gasteiger charge is -2.07. The van der Waals surface area contributed by atoms with Gasteiger partial charge >= 0.3 is 5.97 Å². The number of esters is 1. The molecule has 0 bridgehead atoms. The van der Waals surface area contributed by atoms with Gasteiger partial charge < -0.3 is 9.30 Å². The molecular weight excluding hydrogens is 300 g/mol. The molecule has 0 aliphatic rings. The van der Waals surface area contributed by atoms with Crippen LogP contribution in [0.3, 0.4) is 0 Å². The van der Waals surface area contributed by atoms with E-state index in [1.165, 1.54) is 12.3 Å². The van der Waals surface area contributed by atoms with Crippen molar-refractivity contribution in [1.82, 2.24) is 9.88 Å². The normalized spacial score (nSPS) is 9.91. The van der Waals surface area contributed by atoms with Crippen molar-refractivity contribution in [3.63, 3.8) is 0 Å². The van der Waals surface area contributed by atoms with Gasteiger partial charge in [-0.1, -0.05) is 24.3 Å². The first-order chi connectivity index (χ1) is 11.1. The highest BCUT2D eigenvalue weighted by Gasteiger charge is 2.12. The molecule has 0 saturated carbocycles. The molecule has 1 N–H and O–H groups in total. The van der Waals surface area contributed by atoms with E-state index in [9.17, 15) is 19.2 Å². The Morgan fingerprint density at radius 1 is 1.00 bits per heavy atom. The highest BCUT2D eigenvalue weighted by atomic mass is 16.5. The largest absolute Gasteiger partial charge is 0.454 e. The van der Waals surface area contributed by atoms with Gasteiger partial charge in [0.1, 0.15) is 6.54 Å². The Morgan fingerprint density at radius 2 is 1.70 bits per heavy atom. The number of rotatable bonds is 5. The minimum absolute atomic E-state index is 0.306. The van der Waals surface area contributed by atoms with Crippen molar-refractivity contribution >= 4 is 17.8 Å². The van der Waals surface area contributed by atoms with Gasteiger partial charge in [0.05, 0.1) is 0 Å². The van der Waals surface area contributed by atoms with Gasteiger partial charge in [-0.25, -0.2) is 0 Å². The van der Waals surface area contributed by atoms with Gasteiger partial charge in [-0.05, 0) is 18.2 Å². The number of hydrogen-bond donors (Lipinski definition) is 1. The van der Waals surface area contributed by atoms with E-state index in [0.717, 1.165) is 4.57 Å². The van der Waals surface area contributed by atoms with E-state index in [0.29, 0.717) is 5.56 Å². The molecule has 0 fully saturated rings. The Hall–Kier alpha value is -3.22. The fourth-order valence-corrected chi connectivity index (χ4v) is 1.75. The van der Waals surface area contributed by atoms with Crippen LogP contribution in [0.2, 0.25) is 0 Å². The zero-order valence-corrected chi connectivity index (χ0v) is 12.1. The first-order valence-electron chi connectivity index (χ1n) is 6.76. The van der Waals surface area contributed by atoms with Crippen molar-refractivity contribution in [3.8, 4) is 0 Å². The third kappa shape index (κ3) is 4.92. The molecule has 23 heavy (non-hydrogen) atoms. The van der Waals surface area contributed by atoms with Gasteiger partial charge in [0, 0.05) is 17.8 Å². The summed E-state index contributed by atoms with van der Waals surface area (Å²) >= 11 is 0. The van der Waals surface area contributed by atoms with E-state index < -0.39 is 24.4 Å². The maximum Gasteiger partial charge on any atom is 0.326 e. The van der Waals surface area contributed by atoms with E-state index in [1.807, 2.05) is 0 Å². The van der Waals surface area contributed by atoms with E-state index in [1.54, 1.807) is 42.5 Å². The van der Waals surface area contributed by atoms with Gasteiger partial charge in [0.2, 0.25) is 0 Å². The molecule has 2 amide bonds. The van der Waals surface area contributed by atoms with Crippen LogP contribution in [0.25, 0.3) is 0 Å². The van der Waals surface area contributed by atoms with Crippen LogP contribution in [0.1, 0.15) is 10.4 Å². The Balaban J connectivity index is 1.80. The number of benzene rings is 1. The molecule has 1 aromatic heterocycles. The third-order valence-corrected chi connectivity index (χ3v) is 2.85. The van der Waals surface area contributed by atoms with Crippen molar-refractivity contribution in [1.29, 1.82) is 0 Å². The van der Waals surface area contributed by atoms with E-state index in [4.69, 9.17) is 4.74 Å². The summed E-state index contributed by atoms with van der Waals surface area (Å²) in [6, 6.07) is 12.6. The number of ether oxygens (including phenoxy) is 1. The minimum Gasteiger partial charge on any atom is -0.454 e. The predicted octanol–water partition coefficient (Wildman–Crippen LogP) is 0.348. The summed E-state index contributed by atoms with van der Waals surface area (Å²) < 4.78 is 5.88. The van der Waals surface area contributed by atoms with Crippen LogP contribution in [0, 0.1) is 0 Å². The van der Waals surface area contributed by atoms with Crippen molar-refractivity contribution in [3.05, 3.63) is 70.6 Å². The lowest BCUT2D eigenvalue weighted by Crippen LogP contribution is -2.35. The monoisotopic (exact) mass is 314 g/mol. The third-order valence-electron chi connectivity index (χ3n) is 2.85. The summed E-state index contributed by atoms with van der Waals surface area (Å²) in [6.07, 6.45) is 1.43. The summed E-state index contributed by atoms with van der Waals surface area (Å²) in [7, 11) is 0. The van der Waals surface area contributed by atoms with Gasteiger partial charge in [-0.15, -0.1) is 0 Å². The SMILES string of the molecule is O=C(COC(=O)Cn1ccccc1=O)NC(=O)c1ccccc1. The van der Waals surface area contributed by atoms with Crippen LogP contribution in [-0.4, -0.2) is 29.0 Å². The molecule has 0 aliphatic heterocycles. The number of imide groups is 1. The molecule has 2 aromatic rings. The fraction of sp³-hybridized carbons (Fsp3) is 0.125. The van der Waals surface area contributed by atoms with Crippen LogP contribution < -0.4 is 10.9 Å². The topological polar surface area (TPSA) is 94.5 Å². The van der Waals surface area contributed by atoms with Crippen molar-refractivity contribution in [2.24, 2.45) is 0 Å². The first-order valence-corrected chi connectivity index (χ1v) is 6.76. The van der Waals surface area contributed by atoms with E-state index >= 15 is 0 Å². The first kappa shape index (κ1) is 16.2. The van der Waals surface area contributed by atoms with Crippen molar-refractivity contribution in [2.45, 2.75) is 6.54 Å². The second-order valence-electron chi connectivity index (χ2n) is 4.57. The number of nitrogens with zero attached hydrogens (tertiary/aromatic N) is 1. The Morgan fingerprint density at radius 3 is 2.39 bits per heavy atom. The molecule has 118 valence electrons. The maximum atomic E-state index is 11.7. The number of pyridine rings is 1. The van der Waals surface area contributed by atoms with E-state index in [2.05, 4.69) is 5.32 Å². The summed E-state index contributed by atoms with van der Waals surface area (Å²) in [6.45, 7) is -0.904. The highest BCUT2D eigenvalue weighted by molar-refractivity contribution is 6.05. The molecule has 1 aromatic carbocycles. The summed E-state index contributed by atoms with van der Waals surface area (Å²) in [5.74, 6) is -2.07. The molecular formula is C16H14N2O5. The average molecular weight is 314 g/mol. The smallest absolute Gasteiger partial charge is 0.326 e. The second-order valence-corrected chi connectivity index (χ2v) is 4.57.